The van der Waals surface area contributed by atoms with E-state index in [9.17, 15) is 0 Å². The molecule has 1 heterocycles. The first kappa shape index (κ1) is 12.7. The fraction of sp³-hybridized carbons (Fsp3) is 0.417. The zero-order chi connectivity index (χ0) is 12.0. The van der Waals surface area contributed by atoms with E-state index in [1.54, 1.807) is 6.08 Å². The first-order valence-corrected chi connectivity index (χ1v) is 5.36. The predicted octanol–water partition coefficient (Wildman–Crippen LogP) is 0.833. The number of aromatic nitrogens is 1. The molecule has 0 bridgehead atoms. The van der Waals surface area contributed by atoms with E-state index in [2.05, 4.69) is 11.6 Å². The molecule has 0 aromatic carbocycles. The molecule has 88 valence electrons. The number of anilines is 1. The van der Waals surface area contributed by atoms with Crippen LogP contribution in [0.1, 0.15) is 11.3 Å². The van der Waals surface area contributed by atoms with Crippen LogP contribution in [0.5, 0.6) is 0 Å². The molecule has 1 aromatic heterocycles. The van der Waals surface area contributed by atoms with Gasteiger partial charge in [-0.15, -0.1) is 6.58 Å². The number of hydrogen-bond acceptors (Lipinski definition) is 4. The van der Waals surface area contributed by atoms with Gasteiger partial charge in [-0.1, -0.05) is 12.1 Å². The van der Waals surface area contributed by atoms with Crippen LogP contribution in [0.25, 0.3) is 0 Å². The maximum absolute atomic E-state index is 8.97. The largest absolute Gasteiger partial charge is 0.395 e. The van der Waals surface area contributed by atoms with Crippen molar-refractivity contribution in [1.29, 1.82) is 0 Å². The highest BCUT2D eigenvalue weighted by atomic mass is 16.3. The van der Waals surface area contributed by atoms with Crippen LogP contribution in [-0.2, 0) is 6.54 Å². The summed E-state index contributed by atoms with van der Waals surface area (Å²) in [5.74, 6) is 0.851. The third kappa shape index (κ3) is 3.05. The number of nitrogens with two attached hydrogens (primary N) is 1. The number of rotatable bonds is 6. The fourth-order valence-corrected chi connectivity index (χ4v) is 1.54. The van der Waals surface area contributed by atoms with Crippen LogP contribution in [-0.4, -0.2) is 29.8 Å². The van der Waals surface area contributed by atoms with E-state index in [-0.39, 0.29) is 6.61 Å². The summed E-state index contributed by atoms with van der Waals surface area (Å²) in [6.45, 7) is 7.47. The summed E-state index contributed by atoms with van der Waals surface area (Å²) in [5.41, 5.74) is 7.57. The minimum Gasteiger partial charge on any atom is -0.395 e. The Morgan fingerprint density at radius 2 is 2.31 bits per heavy atom. The van der Waals surface area contributed by atoms with Crippen LogP contribution < -0.4 is 10.6 Å². The van der Waals surface area contributed by atoms with Gasteiger partial charge in [0, 0.05) is 25.3 Å². The van der Waals surface area contributed by atoms with Gasteiger partial charge in [-0.3, -0.25) is 0 Å². The van der Waals surface area contributed by atoms with Gasteiger partial charge in [0.15, 0.2) is 0 Å². The summed E-state index contributed by atoms with van der Waals surface area (Å²) in [7, 11) is 0. The van der Waals surface area contributed by atoms with Crippen molar-refractivity contribution < 1.29 is 5.11 Å². The first-order valence-electron chi connectivity index (χ1n) is 5.36. The fourth-order valence-electron chi connectivity index (χ4n) is 1.54. The van der Waals surface area contributed by atoms with E-state index < -0.39 is 0 Å². The number of hydrogen-bond donors (Lipinski definition) is 2. The van der Waals surface area contributed by atoms with Crippen LogP contribution in [0.3, 0.4) is 0 Å². The number of pyridine rings is 1. The van der Waals surface area contributed by atoms with Crippen LogP contribution in [0.15, 0.2) is 24.8 Å². The van der Waals surface area contributed by atoms with Crippen LogP contribution in [0.2, 0.25) is 0 Å². The minimum absolute atomic E-state index is 0.104. The Morgan fingerprint density at radius 3 is 2.81 bits per heavy atom. The molecule has 0 amide bonds. The summed E-state index contributed by atoms with van der Waals surface area (Å²) >= 11 is 0. The van der Waals surface area contributed by atoms with Crippen LogP contribution in [0, 0.1) is 6.92 Å². The summed E-state index contributed by atoms with van der Waals surface area (Å²) in [5, 5.41) is 8.97. The molecule has 0 spiro atoms. The number of aryl methyl sites for hydroxylation is 1. The number of aliphatic hydroxyl groups excluding tert-OH is 1. The third-order valence-electron chi connectivity index (χ3n) is 2.44. The van der Waals surface area contributed by atoms with Crippen LogP contribution in [0.4, 0.5) is 5.82 Å². The van der Waals surface area contributed by atoms with E-state index >= 15 is 0 Å². The second-order valence-corrected chi connectivity index (χ2v) is 3.58. The molecule has 0 radical (unpaired) electrons. The lowest BCUT2D eigenvalue weighted by molar-refractivity contribution is 0.302. The molecular weight excluding hydrogens is 202 g/mol. The molecule has 4 heteroatoms. The van der Waals surface area contributed by atoms with E-state index in [0.29, 0.717) is 19.6 Å². The quantitative estimate of drug-likeness (QED) is 0.699. The zero-order valence-corrected chi connectivity index (χ0v) is 9.69. The van der Waals surface area contributed by atoms with Gasteiger partial charge in [0.2, 0.25) is 0 Å². The van der Waals surface area contributed by atoms with Gasteiger partial charge in [-0.05, 0) is 18.6 Å². The lowest BCUT2D eigenvalue weighted by Crippen LogP contribution is -2.27. The average molecular weight is 221 g/mol. The van der Waals surface area contributed by atoms with Crippen molar-refractivity contribution in [2.24, 2.45) is 5.73 Å². The van der Waals surface area contributed by atoms with Crippen molar-refractivity contribution in [2.75, 3.05) is 24.6 Å². The standard InChI is InChI=1S/C12H19N3O/c1-3-6-15(7-8-16)12-5-4-11(9-13)10(2)14-12/h3-5,16H,1,6-9,13H2,2H3. The van der Waals surface area contributed by atoms with Crippen molar-refractivity contribution in [3.8, 4) is 0 Å². The molecule has 0 saturated heterocycles. The smallest absolute Gasteiger partial charge is 0.129 e. The maximum Gasteiger partial charge on any atom is 0.129 e. The number of nitrogens with zero attached hydrogens (tertiary/aromatic N) is 2. The van der Waals surface area contributed by atoms with E-state index in [1.807, 2.05) is 24.0 Å². The Kier molecular flexibility index (Phi) is 4.95. The zero-order valence-electron chi connectivity index (χ0n) is 9.69. The van der Waals surface area contributed by atoms with Crippen molar-refractivity contribution in [2.45, 2.75) is 13.5 Å². The van der Waals surface area contributed by atoms with E-state index in [1.165, 1.54) is 0 Å². The highest BCUT2D eigenvalue weighted by molar-refractivity contribution is 5.42. The summed E-state index contributed by atoms with van der Waals surface area (Å²) in [6.07, 6.45) is 1.80. The SMILES string of the molecule is C=CCN(CCO)c1ccc(CN)c(C)n1. The van der Waals surface area contributed by atoms with Crippen LogP contribution >= 0.6 is 0 Å². The van der Waals surface area contributed by atoms with Crippen molar-refractivity contribution in [3.05, 3.63) is 36.0 Å². The molecule has 16 heavy (non-hydrogen) atoms. The van der Waals surface area contributed by atoms with Gasteiger partial charge in [0.05, 0.1) is 6.61 Å². The molecule has 0 atom stereocenters. The topological polar surface area (TPSA) is 62.4 Å². The first-order chi connectivity index (χ1) is 7.72. The van der Waals surface area contributed by atoms with E-state index in [0.717, 1.165) is 17.1 Å². The summed E-state index contributed by atoms with van der Waals surface area (Å²) in [4.78, 5) is 6.44. The second kappa shape index (κ2) is 6.25. The molecular formula is C12H19N3O. The van der Waals surface area contributed by atoms with Crippen molar-refractivity contribution in [1.82, 2.24) is 4.98 Å². The van der Waals surface area contributed by atoms with Gasteiger partial charge in [0.25, 0.3) is 0 Å². The Labute approximate surface area is 96.4 Å². The Morgan fingerprint density at radius 1 is 1.56 bits per heavy atom. The highest BCUT2D eigenvalue weighted by Crippen LogP contribution is 2.14. The maximum atomic E-state index is 8.97. The normalized spacial score (nSPS) is 10.2. The molecule has 1 aromatic rings. The summed E-state index contributed by atoms with van der Waals surface area (Å²) in [6, 6.07) is 3.90. The summed E-state index contributed by atoms with van der Waals surface area (Å²) < 4.78 is 0. The average Bonchev–Trinajstić information content (AvgIpc) is 2.28. The highest BCUT2D eigenvalue weighted by Gasteiger charge is 2.07. The molecule has 0 unspecified atom stereocenters. The molecule has 0 aliphatic carbocycles. The Bertz CT molecular complexity index is 352. The predicted molar refractivity (Wildman–Crippen MR) is 66.4 cm³/mol. The molecule has 3 N–H and O–H groups in total. The number of aliphatic hydroxyl groups is 1. The lowest BCUT2D eigenvalue weighted by atomic mass is 10.2. The molecule has 0 saturated carbocycles. The van der Waals surface area contributed by atoms with Gasteiger partial charge in [-0.2, -0.15) is 0 Å². The monoisotopic (exact) mass is 221 g/mol. The second-order valence-electron chi connectivity index (χ2n) is 3.58. The Balaban J connectivity index is 2.91. The van der Waals surface area contributed by atoms with Crippen molar-refractivity contribution in [3.63, 3.8) is 0 Å². The molecule has 0 aliphatic rings. The third-order valence-corrected chi connectivity index (χ3v) is 2.44. The lowest BCUT2D eigenvalue weighted by Gasteiger charge is -2.21. The van der Waals surface area contributed by atoms with Crippen molar-refractivity contribution >= 4 is 5.82 Å². The Hall–Kier alpha value is -1.39. The molecule has 1 rings (SSSR count). The van der Waals surface area contributed by atoms with E-state index in [4.69, 9.17) is 10.8 Å². The molecule has 4 nitrogen and oxygen atoms in total. The minimum atomic E-state index is 0.104. The molecule has 0 aliphatic heterocycles. The van der Waals surface area contributed by atoms with Gasteiger partial charge in [-0.25, -0.2) is 4.98 Å². The molecule has 0 fully saturated rings. The van der Waals surface area contributed by atoms with Gasteiger partial charge < -0.3 is 15.7 Å². The van der Waals surface area contributed by atoms with Gasteiger partial charge in [0.1, 0.15) is 5.82 Å². The van der Waals surface area contributed by atoms with Gasteiger partial charge >= 0.3 is 0 Å².